The van der Waals surface area contributed by atoms with Gasteiger partial charge < -0.3 is 10.1 Å². The van der Waals surface area contributed by atoms with Crippen molar-refractivity contribution in [2.45, 2.75) is 25.8 Å². The summed E-state index contributed by atoms with van der Waals surface area (Å²) in [5.41, 5.74) is 1.99. The number of likely N-dealkylation sites (tertiary alicyclic amines) is 1. The highest BCUT2D eigenvalue weighted by Crippen LogP contribution is 2.31. The van der Waals surface area contributed by atoms with E-state index in [0.29, 0.717) is 11.4 Å². The van der Waals surface area contributed by atoms with Crippen LogP contribution in [0, 0.1) is 6.92 Å². The van der Waals surface area contributed by atoms with Crippen molar-refractivity contribution in [1.82, 2.24) is 15.2 Å². The van der Waals surface area contributed by atoms with Gasteiger partial charge in [-0.1, -0.05) is 18.2 Å². The van der Waals surface area contributed by atoms with Crippen molar-refractivity contribution in [3.05, 3.63) is 57.9 Å². The topological polar surface area (TPSA) is 54.5 Å². The molecule has 0 aliphatic carbocycles. The van der Waals surface area contributed by atoms with E-state index in [-0.39, 0.29) is 11.9 Å². The van der Waals surface area contributed by atoms with E-state index in [1.54, 1.807) is 18.4 Å². The number of thiophene rings is 1. The van der Waals surface area contributed by atoms with Crippen molar-refractivity contribution < 1.29 is 9.53 Å². The number of amides is 1. The van der Waals surface area contributed by atoms with Gasteiger partial charge in [-0.15, -0.1) is 22.7 Å². The smallest absolute Gasteiger partial charge is 0.263 e. The highest BCUT2D eigenvalue weighted by molar-refractivity contribution is 7.22. The summed E-state index contributed by atoms with van der Waals surface area (Å²) in [6, 6.07) is 12.4. The number of carbonyl (C=O) groups excluding carboxylic acids is 1. The molecule has 3 aromatic rings. The second-order valence-corrected chi connectivity index (χ2v) is 9.10. The largest absolute Gasteiger partial charge is 0.497 e. The van der Waals surface area contributed by atoms with Gasteiger partial charge in [0, 0.05) is 6.54 Å². The van der Waals surface area contributed by atoms with E-state index in [2.05, 4.69) is 27.3 Å². The third-order valence-corrected chi connectivity index (χ3v) is 7.47. The average molecular weight is 428 g/mol. The number of ether oxygens (including phenoxy) is 1. The lowest BCUT2D eigenvalue weighted by Gasteiger charge is -2.28. The molecule has 152 valence electrons. The number of carbonyl (C=O) groups is 1. The molecule has 0 saturated carbocycles. The number of hydrogen-bond donors (Lipinski definition) is 1. The first-order valence-corrected chi connectivity index (χ1v) is 11.5. The molecule has 4 rings (SSSR count). The minimum absolute atomic E-state index is 0.0412. The molecule has 2 aromatic heterocycles. The van der Waals surface area contributed by atoms with Crippen molar-refractivity contribution >= 4 is 28.6 Å². The van der Waals surface area contributed by atoms with Gasteiger partial charge in [-0.3, -0.25) is 9.69 Å². The van der Waals surface area contributed by atoms with E-state index in [9.17, 15) is 4.79 Å². The van der Waals surface area contributed by atoms with Gasteiger partial charge in [0.25, 0.3) is 5.91 Å². The van der Waals surface area contributed by atoms with E-state index >= 15 is 0 Å². The standard InChI is InChI=1S/C22H25N3O2S2/c1-15-20(29-22(24-15)19-6-5-13-28-19)21(26)23-14-18(25-11-3-4-12-25)16-7-9-17(27-2)10-8-16/h5-10,13,18H,3-4,11-12,14H2,1-2H3,(H,23,26)/t18-/m0/s1. The number of nitrogens with one attached hydrogen (secondary N) is 1. The summed E-state index contributed by atoms with van der Waals surface area (Å²) in [4.78, 5) is 21.8. The second-order valence-electron chi connectivity index (χ2n) is 7.15. The number of aromatic nitrogens is 1. The molecule has 1 aliphatic rings. The van der Waals surface area contributed by atoms with Crippen LogP contribution in [0.2, 0.25) is 0 Å². The van der Waals surface area contributed by atoms with Crippen LogP contribution in [-0.2, 0) is 0 Å². The monoisotopic (exact) mass is 427 g/mol. The zero-order chi connectivity index (χ0) is 20.2. The molecule has 1 fully saturated rings. The van der Waals surface area contributed by atoms with E-state index < -0.39 is 0 Å². The Balaban J connectivity index is 1.49. The van der Waals surface area contributed by atoms with Gasteiger partial charge in [0.05, 0.1) is 23.7 Å². The van der Waals surface area contributed by atoms with Crippen LogP contribution in [-0.4, -0.2) is 42.5 Å². The summed E-state index contributed by atoms with van der Waals surface area (Å²) < 4.78 is 5.29. The molecule has 7 heteroatoms. The molecule has 5 nitrogen and oxygen atoms in total. The number of benzene rings is 1. The summed E-state index contributed by atoms with van der Waals surface area (Å²) in [6.07, 6.45) is 2.41. The van der Waals surface area contributed by atoms with Crippen LogP contribution in [0.1, 0.15) is 39.8 Å². The highest BCUT2D eigenvalue weighted by atomic mass is 32.1. The molecule has 1 aromatic carbocycles. The normalized spacial score (nSPS) is 15.4. The number of hydrogen-bond acceptors (Lipinski definition) is 6. The molecule has 1 N–H and O–H groups in total. The van der Waals surface area contributed by atoms with Crippen LogP contribution in [0.25, 0.3) is 9.88 Å². The molecule has 1 amide bonds. The summed E-state index contributed by atoms with van der Waals surface area (Å²) in [5.74, 6) is 0.805. The third kappa shape index (κ3) is 4.52. The van der Waals surface area contributed by atoms with Crippen LogP contribution in [0.15, 0.2) is 41.8 Å². The molecule has 1 saturated heterocycles. The van der Waals surface area contributed by atoms with Gasteiger partial charge in [-0.2, -0.15) is 0 Å². The third-order valence-electron chi connectivity index (χ3n) is 5.27. The summed E-state index contributed by atoms with van der Waals surface area (Å²) in [6.45, 7) is 4.62. The summed E-state index contributed by atoms with van der Waals surface area (Å²) in [5, 5.41) is 6.10. The lowest BCUT2D eigenvalue weighted by Crippen LogP contribution is -2.36. The molecule has 1 aliphatic heterocycles. The van der Waals surface area contributed by atoms with Gasteiger partial charge in [-0.05, 0) is 62.0 Å². The van der Waals surface area contributed by atoms with Crippen molar-refractivity contribution in [2.24, 2.45) is 0 Å². The SMILES string of the molecule is COc1ccc([C@H](CNC(=O)c2sc(-c3cccs3)nc2C)N2CCCC2)cc1. The Kier molecular flexibility index (Phi) is 6.28. The molecule has 29 heavy (non-hydrogen) atoms. The number of aryl methyl sites for hydroxylation is 1. The summed E-state index contributed by atoms with van der Waals surface area (Å²) >= 11 is 3.11. The zero-order valence-electron chi connectivity index (χ0n) is 16.7. The second kappa shape index (κ2) is 9.07. The lowest BCUT2D eigenvalue weighted by molar-refractivity contribution is 0.0941. The van der Waals surface area contributed by atoms with Gasteiger partial charge in [-0.25, -0.2) is 4.98 Å². The fourth-order valence-corrected chi connectivity index (χ4v) is 5.50. The quantitative estimate of drug-likeness (QED) is 0.591. The lowest BCUT2D eigenvalue weighted by atomic mass is 10.1. The maximum Gasteiger partial charge on any atom is 0.263 e. The van der Waals surface area contributed by atoms with Gasteiger partial charge >= 0.3 is 0 Å². The molecule has 0 unspecified atom stereocenters. The van der Waals surface area contributed by atoms with Crippen LogP contribution < -0.4 is 10.1 Å². The molecule has 0 radical (unpaired) electrons. The predicted molar refractivity (Wildman–Crippen MR) is 119 cm³/mol. The number of thiazole rings is 1. The fourth-order valence-electron chi connectivity index (χ4n) is 3.72. The Morgan fingerprint density at radius 3 is 2.66 bits per heavy atom. The molecule has 0 spiro atoms. The van der Waals surface area contributed by atoms with E-state index in [1.807, 2.05) is 36.6 Å². The van der Waals surface area contributed by atoms with Crippen LogP contribution in [0.3, 0.4) is 0 Å². The molecular formula is C22H25N3O2S2. The minimum atomic E-state index is -0.0412. The average Bonchev–Trinajstić information content (AvgIpc) is 3.50. The van der Waals surface area contributed by atoms with E-state index in [1.165, 1.54) is 29.7 Å². The highest BCUT2D eigenvalue weighted by Gasteiger charge is 2.25. The molecule has 1 atom stereocenters. The van der Waals surface area contributed by atoms with Gasteiger partial charge in [0.2, 0.25) is 0 Å². The van der Waals surface area contributed by atoms with Gasteiger partial charge in [0.1, 0.15) is 15.6 Å². The zero-order valence-corrected chi connectivity index (χ0v) is 18.3. The fraction of sp³-hybridized carbons (Fsp3) is 0.364. The van der Waals surface area contributed by atoms with Crippen molar-refractivity contribution in [3.8, 4) is 15.6 Å². The first-order chi connectivity index (χ1) is 14.2. The van der Waals surface area contributed by atoms with Crippen LogP contribution in [0.4, 0.5) is 0 Å². The molecule has 3 heterocycles. The number of nitrogens with zero attached hydrogens (tertiary/aromatic N) is 2. The minimum Gasteiger partial charge on any atom is -0.497 e. The Hall–Kier alpha value is -2.22. The van der Waals surface area contributed by atoms with Crippen molar-refractivity contribution in [2.75, 3.05) is 26.7 Å². The predicted octanol–water partition coefficient (Wildman–Crippen LogP) is 4.76. The van der Waals surface area contributed by atoms with E-state index in [0.717, 1.165) is 34.4 Å². The Bertz CT molecular complexity index is 945. The first-order valence-electron chi connectivity index (χ1n) is 9.83. The first kappa shape index (κ1) is 20.1. The van der Waals surface area contributed by atoms with Crippen LogP contribution in [0.5, 0.6) is 5.75 Å². The van der Waals surface area contributed by atoms with Crippen molar-refractivity contribution in [1.29, 1.82) is 0 Å². The van der Waals surface area contributed by atoms with Crippen molar-refractivity contribution in [3.63, 3.8) is 0 Å². The number of methoxy groups -OCH3 is 1. The maximum absolute atomic E-state index is 12.9. The Morgan fingerprint density at radius 2 is 2.00 bits per heavy atom. The Labute approximate surface area is 179 Å². The summed E-state index contributed by atoms with van der Waals surface area (Å²) in [7, 11) is 1.68. The molecule has 0 bridgehead atoms. The number of rotatable bonds is 7. The van der Waals surface area contributed by atoms with Gasteiger partial charge in [0.15, 0.2) is 0 Å². The maximum atomic E-state index is 12.9. The Morgan fingerprint density at radius 1 is 1.24 bits per heavy atom. The van der Waals surface area contributed by atoms with Crippen LogP contribution >= 0.6 is 22.7 Å². The van der Waals surface area contributed by atoms with E-state index in [4.69, 9.17) is 4.74 Å². The molecular weight excluding hydrogens is 402 g/mol.